The van der Waals surface area contributed by atoms with E-state index in [1.807, 2.05) is 6.92 Å². The van der Waals surface area contributed by atoms with Gasteiger partial charge in [0.25, 0.3) is 0 Å². The molecule has 1 unspecified atom stereocenters. The summed E-state index contributed by atoms with van der Waals surface area (Å²) in [5.74, 6) is 0.173. The predicted molar refractivity (Wildman–Crippen MR) is 56.6 cm³/mol. The summed E-state index contributed by atoms with van der Waals surface area (Å²) in [7, 11) is 1.59. The molecule has 0 bridgehead atoms. The Morgan fingerprint density at radius 3 is 2.67 bits per heavy atom. The van der Waals surface area contributed by atoms with Crippen LogP contribution in [-0.4, -0.2) is 43.9 Å². The van der Waals surface area contributed by atoms with Crippen molar-refractivity contribution >= 4 is 0 Å². The van der Waals surface area contributed by atoms with Crippen molar-refractivity contribution in [3.05, 3.63) is 0 Å². The number of unbranched alkanes of at least 4 members (excludes halogenated alkanes) is 1. The Kier molecular flexibility index (Phi) is 5.53. The highest BCUT2D eigenvalue weighted by Gasteiger charge is 2.41. The van der Waals surface area contributed by atoms with Gasteiger partial charge in [0.2, 0.25) is 0 Å². The number of methoxy groups -OCH3 is 1. The van der Waals surface area contributed by atoms with Gasteiger partial charge in [-0.25, -0.2) is 0 Å². The van der Waals surface area contributed by atoms with E-state index in [1.54, 1.807) is 7.11 Å². The molecule has 4 atom stereocenters. The molecule has 4 nitrogen and oxygen atoms in total. The van der Waals surface area contributed by atoms with E-state index in [0.717, 1.165) is 19.4 Å². The van der Waals surface area contributed by atoms with E-state index in [2.05, 4.69) is 6.92 Å². The highest BCUT2D eigenvalue weighted by molar-refractivity contribution is 4.83. The summed E-state index contributed by atoms with van der Waals surface area (Å²) >= 11 is 0. The standard InChI is InChI=1S/C11H22O4/c1-4-5-6-14-7-9-8(2)10(13-3)11(12)15-9/h8-12H,4-7H2,1-3H3/t8-,9-,10-,11?/m1/s1. The van der Waals surface area contributed by atoms with Gasteiger partial charge in [-0.1, -0.05) is 20.3 Å². The zero-order valence-corrected chi connectivity index (χ0v) is 9.81. The molecule has 1 fully saturated rings. The Morgan fingerprint density at radius 1 is 1.40 bits per heavy atom. The lowest BCUT2D eigenvalue weighted by atomic mass is 10.0. The van der Waals surface area contributed by atoms with E-state index in [9.17, 15) is 5.11 Å². The summed E-state index contributed by atoms with van der Waals surface area (Å²) in [4.78, 5) is 0. The largest absolute Gasteiger partial charge is 0.379 e. The molecule has 0 amide bonds. The quantitative estimate of drug-likeness (QED) is 0.680. The van der Waals surface area contributed by atoms with Crippen LogP contribution in [0.4, 0.5) is 0 Å². The Labute approximate surface area is 91.5 Å². The molecule has 1 saturated heterocycles. The van der Waals surface area contributed by atoms with Crippen molar-refractivity contribution in [2.24, 2.45) is 5.92 Å². The van der Waals surface area contributed by atoms with Crippen LogP contribution in [0.3, 0.4) is 0 Å². The highest BCUT2D eigenvalue weighted by Crippen LogP contribution is 2.27. The van der Waals surface area contributed by atoms with Crippen molar-refractivity contribution in [1.29, 1.82) is 0 Å². The number of aliphatic hydroxyl groups is 1. The number of hydrogen-bond donors (Lipinski definition) is 1. The molecule has 1 aliphatic rings. The second-order valence-corrected chi connectivity index (χ2v) is 4.05. The normalized spacial score (nSPS) is 36.0. The minimum Gasteiger partial charge on any atom is -0.379 e. The van der Waals surface area contributed by atoms with Crippen molar-refractivity contribution in [2.75, 3.05) is 20.3 Å². The molecule has 1 aliphatic heterocycles. The first-order valence-corrected chi connectivity index (χ1v) is 5.64. The SMILES string of the molecule is CCCCOC[C@H]1OC(O)[C@H](OC)[C@@H]1C. The van der Waals surface area contributed by atoms with Crippen LogP contribution in [0.15, 0.2) is 0 Å². The van der Waals surface area contributed by atoms with Crippen LogP contribution in [-0.2, 0) is 14.2 Å². The Balaban J connectivity index is 2.25. The van der Waals surface area contributed by atoms with E-state index in [-0.39, 0.29) is 18.1 Å². The van der Waals surface area contributed by atoms with E-state index in [0.29, 0.717) is 6.61 Å². The molecule has 0 aromatic rings. The highest BCUT2D eigenvalue weighted by atomic mass is 16.7. The van der Waals surface area contributed by atoms with Gasteiger partial charge in [0.05, 0.1) is 12.7 Å². The van der Waals surface area contributed by atoms with Gasteiger partial charge in [0.1, 0.15) is 6.10 Å². The second kappa shape index (κ2) is 6.43. The van der Waals surface area contributed by atoms with Crippen molar-refractivity contribution in [3.8, 4) is 0 Å². The van der Waals surface area contributed by atoms with E-state index >= 15 is 0 Å². The van der Waals surface area contributed by atoms with Crippen LogP contribution >= 0.6 is 0 Å². The number of ether oxygens (including phenoxy) is 3. The molecule has 15 heavy (non-hydrogen) atoms. The molecule has 0 saturated carbocycles. The fourth-order valence-electron chi connectivity index (χ4n) is 1.82. The number of aliphatic hydroxyl groups excluding tert-OH is 1. The summed E-state index contributed by atoms with van der Waals surface area (Å²) in [5, 5.41) is 9.53. The van der Waals surface area contributed by atoms with Crippen LogP contribution < -0.4 is 0 Å². The third-order valence-electron chi connectivity index (χ3n) is 2.90. The molecule has 0 aliphatic carbocycles. The third kappa shape index (κ3) is 3.41. The number of hydrogen-bond acceptors (Lipinski definition) is 4. The van der Waals surface area contributed by atoms with Crippen LogP contribution in [0.2, 0.25) is 0 Å². The van der Waals surface area contributed by atoms with Crippen molar-refractivity contribution in [2.45, 2.75) is 45.2 Å². The lowest BCUT2D eigenvalue weighted by molar-refractivity contribution is -0.143. The first-order valence-electron chi connectivity index (χ1n) is 5.64. The molecule has 90 valence electrons. The van der Waals surface area contributed by atoms with E-state index in [1.165, 1.54) is 0 Å². The summed E-state index contributed by atoms with van der Waals surface area (Å²) in [6.45, 7) is 5.44. The maximum Gasteiger partial charge on any atom is 0.181 e. The lowest BCUT2D eigenvalue weighted by Crippen LogP contribution is -2.28. The molecule has 0 aromatic carbocycles. The monoisotopic (exact) mass is 218 g/mol. The van der Waals surface area contributed by atoms with Gasteiger partial charge < -0.3 is 19.3 Å². The summed E-state index contributed by atoms with van der Waals surface area (Å²) < 4.78 is 16.0. The van der Waals surface area contributed by atoms with Gasteiger partial charge in [0.15, 0.2) is 6.29 Å². The van der Waals surface area contributed by atoms with Crippen molar-refractivity contribution in [3.63, 3.8) is 0 Å². The molecule has 0 aromatic heterocycles. The predicted octanol–water partition coefficient (Wildman–Crippen LogP) is 1.17. The van der Waals surface area contributed by atoms with Gasteiger partial charge in [-0.3, -0.25) is 0 Å². The topological polar surface area (TPSA) is 47.9 Å². The molecule has 0 spiro atoms. The van der Waals surface area contributed by atoms with Crippen LogP contribution in [0.1, 0.15) is 26.7 Å². The molecule has 1 rings (SSSR count). The maximum absolute atomic E-state index is 9.53. The minimum atomic E-state index is -0.815. The maximum atomic E-state index is 9.53. The average Bonchev–Trinajstić information content (AvgIpc) is 2.49. The second-order valence-electron chi connectivity index (χ2n) is 4.05. The Hall–Kier alpha value is -0.160. The van der Waals surface area contributed by atoms with Crippen molar-refractivity contribution < 1.29 is 19.3 Å². The smallest absolute Gasteiger partial charge is 0.181 e. The van der Waals surface area contributed by atoms with Gasteiger partial charge in [-0.2, -0.15) is 0 Å². The first kappa shape index (κ1) is 12.9. The summed E-state index contributed by atoms with van der Waals surface area (Å²) in [6, 6.07) is 0. The zero-order chi connectivity index (χ0) is 11.3. The lowest BCUT2D eigenvalue weighted by Gasteiger charge is -2.17. The van der Waals surface area contributed by atoms with Crippen LogP contribution in [0, 0.1) is 5.92 Å². The average molecular weight is 218 g/mol. The fraction of sp³-hybridized carbons (Fsp3) is 1.00. The Bertz CT molecular complexity index is 174. The minimum absolute atomic E-state index is 0.0539. The Morgan fingerprint density at radius 2 is 2.13 bits per heavy atom. The first-order chi connectivity index (χ1) is 7.20. The fourth-order valence-corrected chi connectivity index (χ4v) is 1.82. The molecule has 1 heterocycles. The zero-order valence-electron chi connectivity index (χ0n) is 9.81. The van der Waals surface area contributed by atoms with E-state index < -0.39 is 6.29 Å². The van der Waals surface area contributed by atoms with Gasteiger partial charge in [-0.15, -0.1) is 0 Å². The third-order valence-corrected chi connectivity index (χ3v) is 2.90. The van der Waals surface area contributed by atoms with Gasteiger partial charge in [-0.05, 0) is 6.42 Å². The van der Waals surface area contributed by atoms with Crippen LogP contribution in [0.25, 0.3) is 0 Å². The van der Waals surface area contributed by atoms with Crippen LogP contribution in [0.5, 0.6) is 0 Å². The molecular formula is C11H22O4. The molecule has 0 radical (unpaired) electrons. The van der Waals surface area contributed by atoms with Crippen molar-refractivity contribution in [1.82, 2.24) is 0 Å². The molecule has 4 heteroatoms. The molecular weight excluding hydrogens is 196 g/mol. The molecule has 1 N–H and O–H groups in total. The summed E-state index contributed by atoms with van der Waals surface area (Å²) in [5.41, 5.74) is 0. The number of rotatable bonds is 6. The summed E-state index contributed by atoms with van der Waals surface area (Å²) in [6.07, 6.45) is 1.10. The van der Waals surface area contributed by atoms with Gasteiger partial charge in [0, 0.05) is 19.6 Å². The van der Waals surface area contributed by atoms with Gasteiger partial charge >= 0.3 is 0 Å². The van der Waals surface area contributed by atoms with E-state index in [4.69, 9.17) is 14.2 Å².